The van der Waals surface area contributed by atoms with Gasteiger partial charge >= 0.3 is 34.1 Å². The summed E-state index contributed by atoms with van der Waals surface area (Å²) in [4.78, 5) is 3.73. The summed E-state index contributed by atoms with van der Waals surface area (Å²) in [7, 11) is 2.00. The summed E-state index contributed by atoms with van der Waals surface area (Å²) in [5, 5.41) is 38.7. The first kappa shape index (κ1) is 40.9. The Bertz CT molecular complexity index is 386. The number of rotatable bonds is 0. The molecule has 34 heavy (non-hydrogen) atoms. The van der Waals surface area contributed by atoms with E-state index in [-0.39, 0.29) is 59.3 Å². The minimum absolute atomic E-state index is 0. The first-order valence-corrected chi connectivity index (χ1v) is 10.6. The molecule has 3 fully saturated rings. The summed E-state index contributed by atoms with van der Waals surface area (Å²) < 4.78 is 0. The van der Waals surface area contributed by atoms with E-state index in [1.165, 1.54) is 0 Å². The molecule has 4 aliphatic rings. The third kappa shape index (κ3) is 29.8. The van der Waals surface area contributed by atoms with Gasteiger partial charge in [-0.15, -0.1) is 19.6 Å². The van der Waals surface area contributed by atoms with E-state index in [0.29, 0.717) is 0 Å². The van der Waals surface area contributed by atoms with E-state index in [4.69, 9.17) is 33.1 Å². The number of aliphatic hydroxyl groups is 2. The van der Waals surface area contributed by atoms with Gasteiger partial charge in [-0.2, -0.15) is 6.20 Å². The summed E-state index contributed by atoms with van der Waals surface area (Å²) in [5.41, 5.74) is 21.3. The van der Waals surface area contributed by atoms with E-state index in [1.54, 1.807) is 18.5 Å². The number of allylic oxidation sites excluding steroid dienone is 1. The van der Waals surface area contributed by atoms with Crippen molar-refractivity contribution >= 4 is 6.21 Å². The van der Waals surface area contributed by atoms with Crippen molar-refractivity contribution in [2.45, 2.75) is 44.4 Å². The molecule has 0 saturated carbocycles. The number of nitrogens with zero attached hydrogens (tertiary/aromatic N) is 5. The molecule has 0 aliphatic carbocycles. The number of hydrogen-bond acceptors (Lipinski definition) is 10. The normalized spacial score (nSPS) is 26.4. The zero-order chi connectivity index (χ0) is 24.5. The van der Waals surface area contributed by atoms with E-state index < -0.39 is 0 Å². The van der Waals surface area contributed by atoms with Gasteiger partial charge in [-0.3, -0.25) is 4.99 Å². The molecule has 4 unspecified atom stereocenters. The average Bonchev–Trinajstić information content (AvgIpc) is 2.85. The van der Waals surface area contributed by atoms with Gasteiger partial charge in [0.25, 0.3) is 0 Å². The van der Waals surface area contributed by atoms with Crippen LogP contribution in [0.15, 0.2) is 17.3 Å². The molecule has 4 heterocycles. The first-order chi connectivity index (χ1) is 15.6. The van der Waals surface area contributed by atoms with Crippen LogP contribution in [0.25, 0.3) is 21.3 Å². The molecular formula is C18H44Cu2N12O2-2. The molecule has 16 heteroatoms. The Morgan fingerprint density at radius 1 is 0.706 bits per heavy atom. The Balaban J connectivity index is -0.000000165. The molecule has 0 spiro atoms. The van der Waals surface area contributed by atoms with Crippen LogP contribution in [0.1, 0.15) is 19.3 Å². The van der Waals surface area contributed by atoms with Gasteiger partial charge in [0.2, 0.25) is 0 Å². The van der Waals surface area contributed by atoms with E-state index >= 15 is 0 Å². The van der Waals surface area contributed by atoms with Gasteiger partial charge in [-0.25, -0.2) is 0 Å². The number of hydrogen-bond donors (Lipinski definition) is 9. The third-order valence-corrected chi connectivity index (χ3v) is 3.69. The van der Waals surface area contributed by atoms with Crippen LogP contribution in [-0.4, -0.2) is 95.1 Å². The van der Waals surface area contributed by atoms with Crippen LogP contribution >= 0.6 is 0 Å². The molecule has 4 aliphatic heterocycles. The Hall–Kier alpha value is -0.231. The van der Waals surface area contributed by atoms with Gasteiger partial charge in [0.1, 0.15) is 0 Å². The Morgan fingerprint density at radius 3 is 1.18 bits per heavy atom. The van der Waals surface area contributed by atoms with Crippen molar-refractivity contribution in [3.63, 3.8) is 0 Å². The topological polar surface area (TPSA) is 249 Å². The molecule has 0 aromatic rings. The number of aliphatic hydroxyl groups excluding tert-OH is 2. The maximum absolute atomic E-state index is 7.00. The zero-order valence-corrected chi connectivity index (χ0v) is 21.8. The fourth-order valence-electron chi connectivity index (χ4n) is 2.22. The molecule has 13 N–H and O–H groups in total. The van der Waals surface area contributed by atoms with Crippen LogP contribution in [0.4, 0.5) is 0 Å². The second-order valence-corrected chi connectivity index (χ2v) is 6.18. The maximum Gasteiger partial charge on any atom is 1.00 e. The van der Waals surface area contributed by atoms with Crippen molar-refractivity contribution in [3.05, 3.63) is 33.5 Å². The maximum atomic E-state index is 7.00. The average molecular weight is 588 g/mol. The smallest absolute Gasteiger partial charge is 0.658 e. The quantitative estimate of drug-likeness (QED) is 0.145. The Morgan fingerprint density at radius 2 is 1.06 bits per heavy atom. The van der Waals surface area contributed by atoms with Gasteiger partial charge in [-0.1, -0.05) is 25.3 Å². The fourth-order valence-corrected chi connectivity index (χ4v) is 2.22. The van der Waals surface area contributed by atoms with E-state index in [1.807, 2.05) is 0 Å². The largest absolute Gasteiger partial charge is 1.00 e. The molecule has 4 atom stereocenters. The predicted molar refractivity (Wildman–Crippen MR) is 132 cm³/mol. The van der Waals surface area contributed by atoms with Crippen molar-refractivity contribution in [1.29, 1.82) is 0 Å². The monoisotopic (exact) mass is 586 g/mol. The molecule has 0 radical (unpaired) electrons. The van der Waals surface area contributed by atoms with Crippen molar-refractivity contribution in [2.24, 2.45) is 27.9 Å². The van der Waals surface area contributed by atoms with Crippen molar-refractivity contribution in [3.8, 4) is 0 Å². The summed E-state index contributed by atoms with van der Waals surface area (Å²) in [6.07, 6.45) is 7.79. The first-order valence-electron chi connectivity index (χ1n) is 10.6. The minimum Gasteiger partial charge on any atom is -0.658 e. The number of aliphatic imine (C=N–C) groups is 1. The molecule has 4 rings (SSSR count). The van der Waals surface area contributed by atoms with E-state index in [9.17, 15) is 0 Å². The summed E-state index contributed by atoms with van der Waals surface area (Å²) in [6, 6.07) is 0. The predicted octanol–water partition coefficient (Wildman–Crippen LogP) is -1.80. The SMILES string of the molecule is CO.CO.NC1N=CC=C[N-]1.NC1[N-]CCCN1.NC1[N-]CCCN1.NC1[N-]CCCN1.[Cu+].[Cu+]. The van der Waals surface area contributed by atoms with Gasteiger partial charge in [0.05, 0.1) is 0 Å². The second kappa shape index (κ2) is 32.8. The van der Waals surface area contributed by atoms with Crippen LogP contribution in [0.3, 0.4) is 0 Å². The summed E-state index contributed by atoms with van der Waals surface area (Å²) in [6.45, 7) is 5.83. The van der Waals surface area contributed by atoms with Crippen LogP contribution in [0, 0.1) is 0 Å². The number of nitrogens with two attached hydrogens (primary N) is 4. The molecular weight excluding hydrogens is 543 g/mol. The molecule has 0 aromatic heterocycles. The molecule has 14 nitrogen and oxygen atoms in total. The molecule has 0 bridgehead atoms. The summed E-state index contributed by atoms with van der Waals surface area (Å²) in [5.74, 6) is 0. The van der Waals surface area contributed by atoms with Crippen LogP contribution in [-0.2, 0) is 34.1 Å². The van der Waals surface area contributed by atoms with Gasteiger partial charge in [0, 0.05) is 26.7 Å². The van der Waals surface area contributed by atoms with Crippen LogP contribution in [0.5, 0.6) is 0 Å². The van der Waals surface area contributed by atoms with Gasteiger partial charge in [-0.05, 0) is 38.5 Å². The minimum atomic E-state index is -0.356. The summed E-state index contributed by atoms with van der Waals surface area (Å²) >= 11 is 0. The van der Waals surface area contributed by atoms with Gasteiger partial charge in [0.15, 0.2) is 0 Å². The zero-order valence-electron chi connectivity index (χ0n) is 19.9. The second-order valence-electron chi connectivity index (χ2n) is 6.18. The molecule has 0 amide bonds. The molecule has 212 valence electrons. The number of nitrogens with one attached hydrogen (secondary N) is 3. The van der Waals surface area contributed by atoms with Crippen molar-refractivity contribution in [2.75, 3.05) is 53.5 Å². The van der Waals surface area contributed by atoms with Crippen LogP contribution < -0.4 is 38.9 Å². The van der Waals surface area contributed by atoms with Gasteiger partial charge < -0.3 is 70.4 Å². The van der Waals surface area contributed by atoms with Crippen molar-refractivity contribution < 1.29 is 44.4 Å². The van der Waals surface area contributed by atoms with Crippen molar-refractivity contribution in [1.82, 2.24) is 16.0 Å². The Labute approximate surface area is 225 Å². The van der Waals surface area contributed by atoms with Crippen LogP contribution in [0.2, 0.25) is 0 Å². The fraction of sp³-hybridized carbons (Fsp3) is 0.833. The Kier molecular flexibility index (Phi) is 39.4. The standard InChI is InChI=1S/3C4H10N3.C4H6N3.2CH4O.2Cu/c4*5-4-6-2-1-3-7-4;2*1-2;;/h3*4,6H,1-3,5H2;1-4H,5H2;2*2H,1H3;;/q4*-1;;;2*+1. The van der Waals surface area contributed by atoms with E-state index in [0.717, 1.165) is 72.8 Å². The molecule has 3 saturated heterocycles. The third-order valence-electron chi connectivity index (χ3n) is 3.69. The molecule has 0 aromatic carbocycles. The van der Waals surface area contributed by atoms with E-state index in [2.05, 4.69) is 42.2 Å².